The molecule has 1 aromatic heterocycles. The lowest BCUT2D eigenvalue weighted by molar-refractivity contribution is -0.132. The molecule has 1 aliphatic rings. The summed E-state index contributed by atoms with van der Waals surface area (Å²) in [5.41, 5.74) is -0.970. The number of nitrogens with one attached hydrogen (secondary N) is 1. The molecular formula is C15H16N2O3S. The summed E-state index contributed by atoms with van der Waals surface area (Å²) in [6, 6.07) is 9.67. The third-order valence-electron chi connectivity index (χ3n) is 3.57. The fourth-order valence-electron chi connectivity index (χ4n) is 2.55. The van der Waals surface area contributed by atoms with Crippen LogP contribution in [0.15, 0.2) is 30.3 Å². The highest BCUT2D eigenvalue weighted by Gasteiger charge is 2.47. The van der Waals surface area contributed by atoms with Crippen molar-refractivity contribution in [1.29, 1.82) is 0 Å². The van der Waals surface area contributed by atoms with Gasteiger partial charge in [0.1, 0.15) is 5.54 Å². The minimum Gasteiger partial charge on any atom is -0.382 e. The van der Waals surface area contributed by atoms with Crippen molar-refractivity contribution in [3.05, 3.63) is 35.2 Å². The van der Waals surface area contributed by atoms with Gasteiger partial charge in [0, 0.05) is 16.7 Å². The molecule has 6 heteroatoms. The van der Waals surface area contributed by atoms with E-state index in [1.165, 1.54) is 12.0 Å². The number of fused-ring (bicyclic) bond motifs is 1. The van der Waals surface area contributed by atoms with E-state index in [1.54, 1.807) is 18.3 Å². The van der Waals surface area contributed by atoms with Crippen LogP contribution in [0.2, 0.25) is 0 Å². The van der Waals surface area contributed by atoms with Gasteiger partial charge in [-0.3, -0.25) is 9.69 Å². The molecule has 0 aliphatic carbocycles. The number of carbonyl (C=O) groups is 2. The van der Waals surface area contributed by atoms with E-state index in [-0.39, 0.29) is 18.5 Å². The number of ether oxygens (including phenoxy) is 1. The number of urea groups is 1. The first-order valence-electron chi connectivity index (χ1n) is 6.64. The molecule has 1 saturated heterocycles. The van der Waals surface area contributed by atoms with Crippen molar-refractivity contribution >= 4 is 33.4 Å². The summed E-state index contributed by atoms with van der Waals surface area (Å²) in [5.74, 6) is -0.244. The van der Waals surface area contributed by atoms with Gasteiger partial charge in [-0.05, 0) is 24.4 Å². The van der Waals surface area contributed by atoms with Crippen LogP contribution in [0.4, 0.5) is 4.79 Å². The lowest BCUT2D eigenvalue weighted by atomic mass is 10.0. The van der Waals surface area contributed by atoms with Gasteiger partial charge >= 0.3 is 6.03 Å². The van der Waals surface area contributed by atoms with Crippen molar-refractivity contribution < 1.29 is 14.3 Å². The van der Waals surface area contributed by atoms with Crippen molar-refractivity contribution in [3.63, 3.8) is 0 Å². The Morgan fingerprint density at radius 1 is 1.33 bits per heavy atom. The average Bonchev–Trinajstić information content (AvgIpc) is 2.94. The van der Waals surface area contributed by atoms with Crippen molar-refractivity contribution in [2.75, 3.05) is 13.7 Å². The molecule has 3 rings (SSSR count). The molecule has 3 amide bonds. The molecule has 21 heavy (non-hydrogen) atoms. The Kier molecular flexibility index (Phi) is 3.43. The molecule has 0 spiro atoms. The number of imide groups is 1. The van der Waals surface area contributed by atoms with Crippen LogP contribution in [-0.2, 0) is 16.1 Å². The highest BCUT2D eigenvalue weighted by atomic mass is 32.1. The molecule has 2 aromatic rings. The Morgan fingerprint density at radius 2 is 2.10 bits per heavy atom. The second-order valence-electron chi connectivity index (χ2n) is 5.34. The fourth-order valence-corrected chi connectivity index (χ4v) is 3.60. The molecule has 0 radical (unpaired) electrons. The van der Waals surface area contributed by atoms with Crippen LogP contribution in [0, 0.1) is 0 Å². The zero-order valence-corrected chi connectivity index (χ0v) is 12.7. The second-order valence-corrected chi connectivity index (χ2v) is 6.51. The molecule has 5 nitrogen and oxygen atoms in total. The Hall–Kier alpha value is -1.92. The smallest absolute Gasteiger partial charge is 0.325 e. The van der Waals surface area contributed by atoms with Gasteiger partial charge in [0.05, 0.1) is 13.2 Å². The fraction of sp³-hybridized carbons (Fsp3) is 0.333. The number of carbonyl (C=O) groups excluding carboxylic acids is 2. The van der Waals surface area contributed by atoms with E-state index in [1.807, 2.05) is 30.3 Å². The lowest BCUT2D eigenvalue weighted by Gasteiger charge is -2.20. The van der Waals surface area contributed by atoms with Crippen molar-refractivity contribution in [2.45, 2.75) is 19.0 Å². The van der Waals surface area contributed by atoms with Gasteiger partial charge in [-0.2, -0.15) is 0 Å². The molecule has 1 aliphatic heterocycles. The first-order valence-corrected chi connectivity index (χ1v) is 7.46. The molecule has 0 bridgehead atoms. The van der Waals surface area contributed by atoms with E-state index in [4.69, 9.17) is 4.74 Å². The zero-order valence-electron chi connectivity index (χ0n) is 11.9. The maximum atomic E-state index is 12.4. The zero-order chi connectivity index (χ0) is 15.0. The topological polar surface area (TPSA) is 58.6 Å². The third kappa shape index (κ3) is 2.41. The van der Waals surface area contributed by atoms with Gasteiger partial charge in [-0.15, -0.1) is 11.3 Å². The molecule has 0 saturated carbocycles. The summed E-state index contributed by atoms with van der Waals surface area (Å²) in [4.78, 5) is 26.7. The number of hydrogen-bond acceptors (Lipinski definition) is 4. The molecule has 110 valence electrons. The summed E-state index contributed by atoms with van der Waals surface area (Å²) < 4.78 is 6.19. The number of rotatable bonds is 4. The van der Waals surface area contributed by atoms with E-state index in [2.05, 4.69) is 5.32 Å². The second kappa shape index (κ2) is 5.13. The van der Waals surface area contributed by atoms with Crippen LogP contribution in [0.3, 0.4) is 0 Å². The number of nitrogens with zero attached hydrogens (tertiary/aromatic N) is 1. The van der Waals surface area contributed by atoms with E-state index in [0.717, 1.165) is 15.0 Å². The number of hydrogen-bond donors (Lipinski definition) is 1. The van der Waals surface area contributed by atoms with Gasteiger partial charge in [-0.1, -0.05) is 18.2 Å². The molecule has 1 unspecified atom stereocenters. The Bertz CT molecular complexity index is 679. The lowest BCUT2D eigenvalue weighted by Crippen LogP contribution is -2.47. The van der Waals surface area contributed by atoms with Gasteiger partial charge < -0.3 is 10.1 Å². The van der Waals surface area contributed by atoms with Crippen LogP contribution in [0.25, 0.3) is 10.1 Å². The maximum absolute atomic E-state index is 12.4. The standard InChI is InChI=1S/C15H16N2O3S/c1-15(9-20-2)13(18)17(14(19)16-15)8-11-7-10-5-3-4-6-12(10)21-11/h3-7H,8-9H2,1-2H3,(H,16,19). The van der Waals surface area contributed by atoms with Crippen LogP contribution >= 0.6 is 11.3 Å². The van der Waals surface area contributed by atoms with Gasteiger partial charge in [0.25, 0.3) is 5.91 Å². The van der Waals surface area contributed by atoms with Crippen LogP contribution in [-0.4, -0.2) is 36.1 Å². The number of amides is 3. The van der Waals surface area contributed by atoms with Crippen LogP contribution < -0.4 is 5.32 Å². The van der Waals surface area contributed by atoms with E-state index >= 15 is 0 Å². The molecular weight excluding hydrogens is 288 g/mol. The number of thiophene rings is 1. The highest BCUT2D eigenvalue weighted by molar-refractivity contribution is 7.19. The molecule has 2 heterocycles. The minimum atomic E-state index is -0.970. The van der Waals surface area contributed by atoms with Crippen LogP contribution in [0.5, 0.6) is 0 Å². The van der Waals surface area contributed by atoms with Gasteiger partial charge in [0.15, 0.2) is 0 Å². The first kappa shape index (κ1) is 14.0. The van der Waals surface area contributed by atoms with E-state index in [0.29, 0.717) is 6.54 Å². The third-order valence-corrected chi connectivity index (χ3v) is 4.67. The van der Waals surface area contributed by atoms with Crippen molar-refractivity contribution in [1.82, 2.24) is 10.2 Å². The van der Waals surface area contributed by atoms with E-state index in [9.17, 15) is 9.59 Å². The summed E-state index contributed by atoms with van der Waals surface area (Å²) in [5, 5.41) is 3.83. The van der Waals surface area contributed by atoms with Crippen molar-refractivity contribution in [2.24, 2.45) is 0 Å². The van der Waals surface area contributed by atoms with Gasteiger partial charge in [0.2, 0.25) is 0 Å². The largest absolute Gasteiger partial charge is 0.382 e. The molecule has 1 fully saturated rings. The quantitative estimate of drug-likeness (QED) is 0.882. The number of benzene rings is 1. The van der Waals surface area contributed by atoms with Crippen molar-refractivity contribution in [3.8, 4) is 0 Å². The Labute approximate surface area is 126 Å². The first-order chi connectivity index (χ1) is 10.0. The monoisotopic (exact) mass is 304 g/mol. The van der Waals surface area contributed by atoms with Crippen LogP contribution in [0.1, 0.15) is 11.8 Å². The SMILES string of the molecule is COCC1(C)NC(=O)N(Cc2cc3ccccc3s2)C1=O. The highest BCUT2D eigenvalue weighted by Crippen LogP contribution is 2.28. The Morgan fingerprint density at radius 3 is 2.81 bits per heavy atom. The summed E-state index contributed by atoms with van der Waals surface area (Å²) in [6.45, 7) is 2.14. The predicted molar refractivity (Wildman–Crippen MR) is 81.2 cm³/mol. The Balaban J connectivity index is 1.84. The average molecular weight is 304 g/mol. The molecule has 1 atom stereocenters. The molecule has 1 N–H and O–H groups in total. The summed E-state index contributed by atoms with van der Waals surface area (Å²) in [6.07, 6.45) is 0. The summed E-state index contributed by atoms with van der Waals surface area (Å²) in [7, 11) is 1.51. The van der Waals surface area contributed by atoms with Gasteiger partial charge in [-0.25, -0.2) is 4.79 Å². The predicted octanol–water partition coefficient (Wildman–Crippen LogP) is 2.36. The maximum Gasteiger partial charge on any atom is 0.325 e. The van der Waals surface area contributed by atoms with E-state index < -0.39 is 5.54 Å². The normalized spacial score (nSPS) is 22.1. The summed E-state index contributed by atoms with van der Waals surface area (Å²) >= 11 is 1.60. The minimum absolute atomic E-state index is 0.167. The molecule has 1 aromatic carbocycles. The number of methoxy groups -OCH3 is 1.